The number of halogens is 2. The highest BCUT2D eigenvalue weighted by Gasteiger charge is 2.05. The van der Waals surface area contributed by atoms with Gasteiger partial charge in [-0.05, 0) is 18.6 Å². The smallest absolute Gasteiger partial charge is 0.305 e. The molecule has 0 aliphatic rings. The van der Waals surface area contributed by atoms with Gasteiger partial charge in [0.05, 0.1) is 17.2 Å². The Morgan fingerprint density at radius 2 is 2.00 bits per heavy atom. The molecule has 0 heterocycles. The molecule has 1 rings (SSSR count). The molecule has 0 atom stereocenters. The van der Waals surface area contributed by atoms with Crippen LogP contribution in [0.15, 0.2) is 18.2 Å². The molecule has 0 aliphatic heterocycles. The average Bonchev–Trinajstić information content (AvgIpc) is 2.44. The molecule has 110 valence electrons. The van der Waals surface area contributed by atoms with Gasteiger partial charge in [-0.3, -0.25) is 9.59 Å². The summed E-state index contributed by atoms with van der Waals surface area (Å²) in [6, 6.07) is 4.75. The van der Waals surface area contributed by atoms with Gasteiger partial charge in [-0.1, -0.05) is 23.2 Å². The number of hydrogen-bond donors (Lipinski definition) is 1. The fourth-order valence-corrected chi connectivity index (χ4v) is 1.62. The summed E-state index contributed by atoms with van der Waals surface area (Å²) in [6.07, 6.45) is 0.787. The second-order valence-electron chi connectivity index (χ2n) is 3.89. The summed E-state index contributed by atoms with van der Waals surface area (Å²) >= 11 is 11.6. The van der Waals surface area contributed by atoms with E-state index in [1.165, 1.54) is 13.2 Å². The molecule has 7 heteroatoms. The molecule has 0 bridgehead atoms. The molecule has 0 saturated carbocycles. The van der Waals surface area contributed by atoms with Gasteiger partial charge in [0.15, 0.2) is 6.61 Å². The summed E-state index contributed by atoms with van der Waals surface area (Å²) in [4.78, 5) is 22.3. The van der Waals surface area contributed by atoms with Gasteiger partial charge in [0, 0.05) is 19.0 Å². The second kappa shape index (κ2) is 8.66. The zero-order valence-corrected chi connectivity index (χ0v) is 12.5. The van der Waals surface area contributed by atoms with Gasteiger partial charge in [0.25, 0.3) is 5.91 Å². The number of carbonyl (C=O) groups excluding carboxylic acids is 2. The number of methoxy groups -OCH3 is 1. The lowest BCUT2D eigenvalue weighted by atomic mass is 10.3. The van der Waals surface area contributed by atoms with Crippen LogP contribution < -0.4 is 10.1 Å². The first-order chi connectivity index (χ1) is 9.52. The largest absolute Gasteiger partial charge is 0.484 e. The number of ether oxygens (including phenoxy) is 2. The molecule has 20 heavy (non-hydrogen) atoms. The Balaban J connectivity index is 2.22. The summed E-state index contributed by atoms with van der Waals surface area (Å²) < 4.78 is 9.74. The van der Waals surface area contributed by atoms with Crippen LogP contribution in [0.3, 0.4) is 0 Å². The molecule has 0 unspecified atom stereocenters. The second-order valence-corrected chi connectivity index (χ2v) is 4.71. The first-order valence-corrected chi connectivity index (χ1v) is 6.70. The van der Waals surface area contributed by atoms with Crippen molar-refractivity contribution in [1.29, 1.82) is 0 Å². The number of nitrogens with one attached hydrogen (secondary N) is 1. The van der Waals surface area contributed by atoms with Crippen LogP contribution in [-0.2, 0) is 14.3 Å². The minimum Gasteiger partial charge on any atom is -0.484 e. The maximum atomic E-state index is 11.5. The van der Waals surface area contributed by atoms with Crippen LogP contribution in [-0.4, -0.2) is 32.1 Å². The highest BCUT2D eigenvalue weighted by atomic mass is 35.5. The quantitative estimate of drug-likeness (QED) is 0.619. The highest BCUT2D eigenvalue weighted by Crippen LogP contribution is 2.26. The van der Waals surface area contributed by atoms with Gasteiger partial charge < -0.3 is 14.8 Å². The van der Waals surface area contributed by atoms with Crippen molar-refractivity contribution in [2.45, 2.75) is 12.8 Å². The molecule has 0 fully saturated rings. The van der Waals surface area contributed by atoms with Crippen molar-refractivity contribution in [2.75, 3.05) is 20.3 Å². The molecular weight excluding hydrogens is 305 g/mol. The van der Waals surface area contributed by atoms with E-state index >= 15 is 0 Å². The lowest BCUT2D eigenvalue weighted by molar-refractivity contribution is -0.140. The van der Waals surface area contributed by atoms with Crippen molar-refractivity contribution in [3.8, 4) is 5.75 Å². The van der Waals surface area contributed by atoms with Gasteiger partial charge in [-0.2, -0.15) is 0 Å². The Morgan fingerprint density at radius 1 is 1.25 bits per heavy atom. The van der Waals surface area contributed by atoms with Crippen LogP contribution in [0, 0.1) is 0 Å². The van der Waals surface area contributed by atoms with Gasteiger partial charge in [-0.15, -0.1) is 0 Å². The third-order valence-corrected chi connectivity index (χ3v) is 3.11. The number of amides is 1. The van der Waals surface area contributed by atoms with E-state index < -0.39 is 0 Å². The Bertz CT molecular complexity index is 479. The monoisotopic (exact) mass is 319 g/mol. The Kier molecular flexibility index (Phi) is 7.18. The number of hydrogen-bond acceptors (Lipinski definition) is 4. The summed E-state index contributed by atoms with van der Waals surface area (Å²) in [5.41, 5.74) is 0. The summed E-state index contributed by atoms with van der Waals surface area (Å²) in [5, 5.41) is 3.41. The number of benzene rings is 1. The third kappa shape index (κ3) is 6.12. The molecule has 0 radical (unpaired) electrons. The third-order valence-electron chi connectivity index (χ3n) is 2.37. The number of rotatable bonds is 7. The molecule has 0 aliphatic carbocycles. The molecule has 1 aromatic rings. The van der Waals surface area contributed by atoms with E-state index in [0.29, 0.717) is 28.8 Å². The maximum absolute atomic E-state index is 11.5. The van der Waals surface area contributed by atoms with Crippen LogP contribution >= 0.6 is 23.2 Å². The number of carbonyl (C=O) groups is 2. The van der Waals surface area contributed by atoms with Crippen LogP contribution in [0.25, 0.3) is 0 Å². The zero-order chi connectivity index (χ0) is 15.0. The van der Waals surface area contributed by atoms with Crippen molar-refractivity contribution >= 4 is 35.1 Å². The number of esters is 1. The van der Waals surface area contributed by atoms with Crippen molar-refractivity contribution in [1.82, 2.24) is 5.32 Å². The average molecular weight is 320 g/mol. The first kappa shape index (κ1) is 16.6. The lowest BCUT2D eigenvalue weighted by Gasteiger charge is -2.08. The molecule has 0 spiro atoms. The minimum atomic E-state index is -0.300. The molecule has 1 aromatic carbocycles. The predicted octanol–water partition coefficient (Wildman–Crippen LogP) is 2.44. The van der Waals surface area contributed by atoms with Crippen LogP contribution in [0.4, 0.5) is 0 Å². The zero-order valence-electron chi connectivity index (χ0n) is 10.9. The molecule has 1 amide bonds. The van der Waals surface area contributed by atoms with Crippen molar-refractivity contribution in [3.05, 3.63) is 28.2 Å². The van der Waals surface area contributed by atoms with E-state index in [9.17, 15) is 9.59 Å². The van der Waals surface area contributed by atoms with E-state index in [4.69, 9.17) is 27.9 Å². The van der Waals surface area contributed by atoms with E-state index in [1.807, 2.05) is 0 Å². The van der Waals surface area contributed by atoms with E-state index in [1.54, 1.807) is 12.1 Å². The first-order valence-electron chi connectivity index (χ1n) is 5.94. The fourth-order valence-electron chi connectivity index (χ4n) is 1.33. The van der Waals surface area contributed by atoms with Gasteiger partial charge in [-0.25, -0.2) is 0 Å². The summed E-state index contributed by atoms with van der Waals surface area (Å²) in [7, 11) is 1.33. The molecule has 0 aromatic heterocycles. The van der Waals surface area contributed by atoms with E-state index in [2.05, 4.69) is 10.1 Å². The lowest BCUT2D eigenvalue weighted by Crippen LogP contribution is -2.30. The van der Waals surface area contributed by atoms with Gasteiger partial charge in [0.1, 0.15) is 5.75 Å². The molecular formula is C13H15Cl2NO4. The van der Waals surface area contributed by atoms with Gasteiger partial charge >= 0.3 is 5.97 Å². The Labute approximate surface area is 127 Å². The Hall–Kier alpha value is -1.46. The Morgan fingerprint density at radius 3 is 2.65 bits per heavy atom. The topological polar surface area (TPSA) is 64.6 Å². The SMILES string of the molecule is COC(=O)CCCNC(=O)COc1ccc(Cl)c(Cl)c1. The van der Waals surface area contributed by atoms with Crippen LogP contribution in [0.1, 0.15) is 12.8 Å². The van der Waals surface area contributed by atoms with Crippen LogP contribution in [0.2, 0.25) is 10.0 Å². The normalized spacial score (nSPS) is 9.95. The van der Waals surface area contributed by atoms with Gasteiger partial charge in [0.2, 0.25) is 0 Å². The predicted molar refractivity (Wildman–Crippen MR) is 76.2 cm³/mol. The van der Waals surface area contributed by atoms with Crippen LogP contribution in [0.5, 0.6) is 5.75 Å². The maximum Gasteiger partial charge on any atom is 0.305 e. The van der Waals surface area contributed by atoms with Crippen molar-refractivity contribution < 1.29 is 19.1 Å². The molecule has 5 nitrogen and oxygen atoms in total. The molecule has 1 N–H and O–H groups in total. The molecule has 0 saturated heterocycles. The standard InChI is InChI=1S/C13H15Cl2NO4/c1-19-13(18)3-2-6-16-12(17)8-20-9-4-5-10(14)11(15)7-9/h4-5,7H,2-3,6,8H2,1H3,(H,16,17). The van der Waals surface area contributed by atoms with E-state index in [0.717, 1.165) is 0 Å². The minimum absolute atomic E-state index is 0.129. The van der Waals surface area contributed by atoms with Crippen molar-refractivity contribution in [3.63, 3.8) is 0 Å². The summed E-state index contributed by atoms with van der Waals surface area (Å²) in [6.45, 7) is 0.259. The van der Waals surface area contributed by atoms with Crippen molar-refractivity contribution in [2.24, 2.45) is 0 Å². The fraction of sp³-hybridized carbons (Fsp3) is 0.385. The summed E-state index contributed by atoms with van der Waals surface area (Å²) in [5.74, 6) is -0.114. The highest BCUT2D eigenvalue weighted by molar-refractivity contribution is 6.42. The van der Waals surface area contributed by atoms with E-state index in [-0.39, 0.29) is 24.9 Å².